The maximum atomic E-state index is 12.2. The van der Waals surface area contributed by atoms with Gasteiger partial charge >= 0.3 is 0 Å². The van der Waals surface area contributed by atoms with Gasteiger partial charge in [0.15, 0.2) is 0 Å². The second-order valence-corrected chi connectivity index (χ2v) is 4.80. The fourth-order valence-corrected chi connectivity index (χ4v) is 2.18. The molecule has 110 valence electrons. The fourth-order valence-electron chi connectivity index (χ4n) is 2.18. The highest BCUT2D eigenvalue weighted by Gasteiger charge is 2.16. The van der Waals surface area contributed by atoms with Crippen molar-refractivity contribution in [2.75, 3.05) is 43.5 Å². The van der Waals surface area contributed by atoms with Gasteiger partial charge in [-0.25, -0.2) is 0 Å². The third kappa shape index (κ3) is 3.87. The average molecular weight is 277 g/mol. The van der Waals surface area contributed by atoms with Crippen LogP contribution in [0.15, 0.2) is 18.2 Å². The molecule has 3 N–H and O–H groups in total. The Morgan fingerprint density at radius 2 is 2.15 bits per heavy atom. The van der Waals surface area contributed by atoms with Gasteiger partial charge in [-0.2, -0.15) is 0 Å². The molecule has 0 atom stereocenters. The summed E-state index contributed by atoms with van der Waals surface area (Å²) in [6.45, 7) is 5.92. The molecule has 1 aliphatic heterocycles. The Labute approximate surface area is 120 Å². The van der Waals surface area contributed by atoms with Crippen molar-refractivity contribution in [1.29, 1.82) is 0 Å². The van der Waals surface area contributed by atoms with Gasteiger partial charge in [0.25, 0.3) is 5.91 Å². The van der Waals surface area contributed by atoms with Crippen molar-refractivity contribution in [3.8, 4) is 0 Å². The van der Waals surface area contributed by atoms with Gasteiger partial charge in [-0.05, 0) is 25.0 Å². The minimum absolute atomic E-state index is 0.0338. The fraction of sp³-hybridized carbons (Fsp3) is 0.533. The molecule has 0 saturated carbocycles. The summed E-state index contributed by atoms with van der Waals surface area (Å²) >= 11 is 0. The topological polar surface area (TPSA) is 62.4 Å². The molecular weight excluding hydrogens is 254 g/mol. The lowest BCUT2D eigenvalue weighted by atomic mass is 10.1. The van der Waals surface area contributed by atoms with Crippen molar-refractivity contribution in [3.05, 3.63) is 23.8 Å². The number of carbonyl (C=O) groups is 1. The number of ether oxygens (including phenoxy) is 1. The summed E-state index contributed by atoms with van der Waals surface area (Å²) in [4.78, 5) is 12.2. The van der Waals surface area contributed by atoms with E-state index in [9.17, 15) is 4.79 Å². The molecule has 1 aromatic rings. The first-order valence-electron chi connectivity index (χ1n) is 7.29. The van der Waals surface area contributed by atoms with Crippen molar-refractivity contribution < 1.29 is 9.53 Å². The molecular formula is C15H23N3O2. The average Bonchev–Trinajstić information content (AvgIpc) is 2.50. The Morgan fingerprint density at radius 3 is 3.00 bits per heavy atom. The van der Waals surface area contributed by atoms with Crippen molar-refractivity contribution in [2.45, 2.75) is 19.8 Å². The maximum absolute atomic E-state index is 12.2. The van der Waals surface area contributed by atoms with Crippen molar-refractivity contribution >= 4 is 17.3 Å². The molecule has 1 aromatic carbocycles. The first kappa shape index (κ1) is 14.7. The molecule has 0 radical (unpaired) electrons. The second kappa shape index (κ2) is 7.75. The number of fused-ring (bicyclic) bond motifs is 1. The third-order valence-corrected chi connectivity index (χ3v) is 3.15. The monoisotopic (exact) mass is 277 g/mol. The molecule has 5 heteroatoms. The van der Waals surface area contributed by atoms with Gasteiger partial charge in [0.1, 0.15) is 0 Å². The van der Waals surface area contributed by atoms with Gasteiger partial charge < -0.3 is 20.7 Å². The van der Waals surface area contributed by atoms with E-state index in [-0.39, 0.29) is 5.91 Å². The predicted molar refractivity (Wildman–Crippen MR) is 81.5 cm³/mol. The van der Waals surface area contributed by atoms with Crippen LogP contribution in [-0.4, -0.2) is 38.8 Å². The highest BCUT2D eigenvalue weighted by atomic mass is 16.5. The van der Waals surface area contributed by atoms with Crippen LogP contribution in [0.5, 0.6) is 0 Å². The molecule has 0 bridgehead atoms. The Kier molecular flexibility index (Phi) is 5.68. The maximum Gasteiger partial charge on any atom is 0.253 e. The van der Waals surface area contributed by atoms with Crippen molar-refractivity contribution in [2.24, 2.45) is 0 Å². The normalized spacial score (nSPS) is 13.1. The second-order valence-electron chi connectivity index (χ2n) is 4.80. The van der Waals surface area contributed by atoms with E-state index in [1.165, 1.54) is 0 Å². The van der Waals surface area contributed by atoms with E-state index >= 15 is 0 Å². The molecule has 0 unspecified atom stereocenters. The predicted octanol–water partition coefficient (Wildman–Crippen LogP) is 2.07. The third-order valence-electron chi connectivity index (χ3n) is 3.15. The number of benzene rings is 1. The van der Waals surface area contributed by atoms with E-state index in [4.69, 9.17) is 4.74 Å². The molecule has 0 spiro atoms. The van der Waals surface area contributed by atoms with E-state index in [0.717, 1.165) is 43.9 Å². The number of anilines is 2. The molecule has 2 rings (SSSR count). The lowest BCUT2D eigenvalue weighted by Crippen LogP contribution is -2.28. The van der Waals surface area contributed by atoms with E-state index in [1.807, 2.05) is 18.2 Å². The summed E-state index contributed by atoms with van der Waals surface area (Å²) in [5, 5.41) is 9.51. The number of rotatable bonds is 7. The first-order chi connectivity index (χ1) is 9.83. The molecule has 0 aromatic heterocycles. The Balaban J connectivity index is 1.83. The molecule has 1 amide bonds. The molecule has 20 heavy (non-hydrogen) atoms. The summed E-state index contributed by atoms with van der Waals surface area (Å²) in [7, 11) is 0. The highest BCUT2D eigenvalue weighted by molar-refractivity contribution is 6.02. The summed E-state index contributed by atoms with van der Waals surface area (Å²) in [5.41, 5.74) is 2.60. The van der Waals surface area contributed by atoms with Crippen molar-refractivity contribution in [1.82, 2.24) is 5.32 Å². The summed E-state index contributed by atoms with van der Waals surface area (Å²) in [6, 6.07) is 5.73. The van der Waals surface area contributed by atoms with Crippen LogP contribution in [0.25, 0.3) is 0 Å². The SMILES string of the molecule is CCCOCCCNC(=O)c1cccc2c1NCCN2. The summed E-state index contributed by atoms with van der Waals surface area (Å²) in [6.07, 6.45) is 1.87. The summed E-state index contributed by atoms with van der Waals surface area (Å²) in [5.74, 6) is -0.0338. The molecule has 0 saturated heterocycles. The van der Waals surface area contributed by atoms with E-state index in [1.54, 1.807) is 0 Å². The van der Waals surface area contributed by atoms with E-state index in [2.05, 4.69) is 22.9 Å². The van der Waals surface area contributed by atoms with Gasteiger partial charge in [-0.1, -0.05) is 13.0 Å². The van der Waals surface area contributed by atoms with Crippen LogP contribution < -0.4 is 16.0 Å². The molecule has 1 heterocycles. The number of hydrogen-bond acceptors (Lipinski definition) is 4. The number of amides is 1. The van der Waals surface area contributed by atoms with Crippen molar-refractivity contribution in [3.63, 3.8) is 0 Å². The highest BCUT2D eigenvalue weighted by Crippen LogP contribution is 2.28. The zero-order valence-electron chi connectivity index (χ0n) is 12.0. The summed E-state index contributed by atoms with van der Waals surface area (Å²) < 4.78 is 5.39. The standard InChI is InChI=1S/C15H23N3O2/c1-2-10-20-11-4-7-18-15(19)12-5-3-6-13-14(12)17-9-8-16-13/h3,5-6,16-17H,2,4,7-11H2,1H3,(H,18,19). The Morgan fingerprint density at radius 1 is 1.30 bits per heavy atom. The lowest BCUT2D eigenvalue weighted by Gasteiger charge is -2.22. The van der Waals surface area contributed by atoms with Gasteiger partial charge in [0, 0.05) is 32.8 Å². The number of nitrogens with one attached hydrogen (secondary N) is 3. The minimum atomic E-state index is -0.0338. The zero-order chi connectivity index (χ0) is 14.2. The van der Waals surface area contributed by atoms with Gasteiger partial charge in [0.05, 0.1) is 16.9 Å². The van der Waals surface area contributed by atoms with Crippen LogP contribution in [0.2, 0.25) is 0 Å². The Bertz CT molecular complexity index is 449. The number of hydrogen-bond donors (Lipinski definition) is 3. The molecule has 0 fully saturated rings. The zero-order valence-corrected chi connectivity index (χ0v) is 12.0. The molecule has 5 nitrogen and oxygen atoms in total. The lowest BCUT2D eigenvalue weighted by molar-refractivity contribution is 0.0942. The Hall–Kier alpha value is -1.75. The molecule has 1 aliphatic rings. The number of carbonyl (C=O) groups excluding carboxylic acids is 1. The van der Waals surface area contributed by atoms with Gasteiger partial charge in [0.2, 0.25) is 0 Å². The van der Waals surface area contributed by atoms with Gasteiger partial charge in [-0.15, -0.1) is 0 Å². The van der Waals surface area contributed by atoms with Crippen LogP contribution in [0.1, 0.15) is 30.1 Å². The quantitative estimate of drug-likeness (QED) is 0.668. The van der Waals surface area contributed by atoms with Crippen LogP contribution in [-0.2, 0) is 4.74 Å². The van der Waals surface area contributed by atoms with Crippen LogP contribution in [0, 0.1) is 0 Å². The van der Waals surface area contributed by atoms with E-state index in [0.29, 0.717) is 18.7 Å². The first-order valence-corrected chi connectivity index (χ1v) is 7.29. The smallest absolute Gasteiger partial charge is 0.253 e. The van der Waals surface area contributed by atoms with E-state index < -0.39 is 0 Å². The van der Waals surface area contributed by atoms with Crippen LogP contribution >= 0.6 is 0 Å². The molecule has 0 aliphatic carbocycles. The minimum Gasteiger partial charge on any atom is -0.382 e. The largest absolute Gasteiger partial charge is 0.382 e. The van der Waals surface area contributed by atoms with Gasteiger partial charge in [-0.3, -0.25) is 4.79 Å². The van der Waals surface area contributed by atoms with Crippen LogP contribution in [0.4, 0.5) is 11.4 Å². The number of para-hydroxylation sites is 1. The van der Waals surface area contributed by atoms with Crippen LogP contribution in [0.3, 0.4) is 0 Å².